The number of urea groups is 1. The molecule has 33 heavy (non-hydrogen) atoms. The summed E-state index contributed by atoms with van der Waals surface area (Å²) >= 11 is 0. The van der Waals surface area contributed by atoms with Gasteiger partial charge in [-0.15, -0.1) is 0 Å². The van der Waals surface area contributed by atoms with Gasteiger partial charge in [-0.05, 0) is 60.5 Å². The zero-order valence-corrected chi connectivity index (χ0v) is 18.3. The van der Waals surface area contributed by atoms with E-state index in [-0.39, 0.29) is 29.6 Å². The van der Waals surface area contributed by atoms with Crippen molar-refractivity contribution < 1.29 is 18.7 Å². The molecule has 0 aliphatic carbocycles. The summed E-state index contributed by atoms with van der Waals surface area (Å²) in [6.45, 7) is 0.779. The van der Waals surface area contributed by atoms with E-state index in [0.717, 1.165) is 5.56 Å². The molecule has 170 valence electrons. The number of amides is 3. The van der Waals surface area contributed by atoms with Crippen LogP contribution >= 0.6 is 0 Å². The molecule has 0 saturated carbocycles. The molecule has 3 amide bonds. The first kappa shape index (κ1) is 22.3. The van der Waals surface area contributed by atoms with Crippen molar-refractivity contribution >= 4 is 23.3 Å². The zero-order chi connectivity index (χ0) is 23.2. The minimum absolute atomic E-state index is 0.0190. The number of nitrogens with zero attached hydrogens (tertiary/aromatic N) is 1. The Morgan fingerprint density at radius 1 is 0.879 bits per heavy atom. The maximum absolute atomic E-state index is 13.2. The van der Waals surface area contributed by atoms with Gasteiger partial charge < -0.3 is 20.3 Å². The van der Waals surface area contributed by atoms with Crippen molar-refractivity contribution in [1.82, 2.24) is 4.90 Å². The number of piperidine rings is 1. The molecule has 0 aromatic heterocycles. The minimum atomic E-state index is -0.384. The van der Waals surface area contributed by atoms with Crippen LogP contribution in [0.2, 0.25) is 0 Å². The maximum atomic E-state index is 13.2. The van der Waals surface area contributed by atoms with Crippen molar-refractivity contribution in [2.45, 2.75) is 12.3 Å². The van der Waals surface area contributed by atoms with E-state index in [1.54, 1.807) is 36.3 Å². The van der Waals surface area contributed by atoms with Gasteiger partial charge in [-0.25, -0.2) is 9.18 Å². The SMILES string of the molecule is COc1ccc(NC(=O)C2CC(c3ccccc3)CN(C(=O)Nc3ccc(F)cc3)C2)cc1. The molecule has 3 aromatic rings. The van der Waals surface area contributed by atoms with Gasteiger partial charge in [-0.2, -0.15) is 0 Å². The number of hydrogen-bond acceptors (Lipinski definition) is 3. The summed E-state index contributed by atoms with van der Waals surface area (Å²) < 4.78 is 18.4. The summed E-state index contributed by atoms with van der Waals surface area (Å²) in [5.41, 5.74) is 2.26. The van der Waals surface area contributed by atoms with Crippen molar-refractivity contribution in [2.24, 2.45) is 5.92 Å². The normalized spacial score (nSPS) is 17.8. The number of likely N-dealkylation sites (tertiary alicyclic amines) is 1. The fourth-order valence-corrected chi connectivity index (χ4v) is 4.08. The summed E-state index contributed by atoms with van der Waals surface area (Å²) in [6, 6.07) is 22.3. The van der Waals surface area contributed by atoms with Gasteiger partial charge >= 0.3 is 6.03 Å². The molecule has 6 nitrogen and oxygen atoms in total. The molecule has 3 aromatic carbocycles. The van der Waals surface area contributed by atoms with Gasteiger partial charge in [-0.3, -0.25) is 4.79 Å². The number of ether oxygens (including phenoxy) is 1. The van der Waals surface area contributed by atoms with E-state index in [4.69, 9.17) is 4.74 Å². The van der Waals surface area contributed by atoms with E-state index in [0.29, 0.717) is 36.6 Å². The van der Waals surface area contributed by atoms with Crippen molar-refractivity contribution in [3.05, 3.63) is 90.2 Å². The van der Waals surface area contributed by atoms with E-state index >= 15 is 0 Å². The Morgan fingerprint density at radius 2 is 1.52 bits per heavy atom. The first-order valence-corrected chi connectivity index (χ1v) is 10.8. The smallest absolute Gasteiger partial charge is 0.321 e. The Balaban J connectivity index is 1.50. The van der Waals surface area contributed by atoms with Crippen LogP contribution in [-0.4, -0.2) is 37.0 Å². The van der Waals surface area contributed by atoms with Crippen LogP contribution in [0.25, 0.3) is 0 Å². The average molecular weight is 448 g/mol. The van der Waals surface area contributed by atoms with Crippen LogP contribution in [0.3, 0.4) is 0 Å². The van der Waals surface area contributed by atoms with E-state index in [1.165, 1.54) is 24.3 Å². The molecule has 0 radical (unpaired) electrons. The molecule has 7 heteroatoms. The first-order chi connectivity index (χ1) is 16.0. The van der Waals surface area contributed by atoms with Crippen molar-refractivity contribution in [2.75, 3.05) is 30.8 Å². The number of carbonyl (C=O) groups excluding carboxylic acids is 2. The second-order valence-electron chi connectivity index (χ2n) is 8.10. The third kappa shape index (κ3) is 5.68. The van der Waals surface area contributed by atoms with Crippen LogP contribution in [0.5, 0.6) is 5.75 Å². The molecule has 0 bridgehead atoms. The van der Waals surface area contributed by atoms with Crippen LogP contribution in [0.15, 0.2) is 78.9 Å². The van der Waals surface area contributed by atoms with Gasteiger partial charge in [0, 0.05) is 30.4 Å². The third-order valence-electron chi connectivity index (χ3n) is 5.83. The number of hydrogen-bond donors (Lipinski definition) is 2. The molecule has 2 unspecified atom stereocenters. The minimum Gasteiger partial charge on any atom is -0.497 e. The molecule has 1 heterocycles. The van der Waals surface area contributed by atoms with E-state index in [9.17, 15) is 14.0 Å². The molecule has 1 fully saturated rings. The lowest BCUT2D eigenvalue weighted by molar-refractivity contribution is -0.121. The van der Waals surface area contributed by atoms with Gasteiger partial charge in [0.2, 0.25) is 5.91 Å². The molecule has 1 aliphatic heterocycles. The zero-order valence-electron chi connectivity index (χ0n) is 18.3. The number of rotatable bonds is 5. The number of nitrogens with one attached hydrogen (secondary N) is 2. The lowest BCUT2D eigenvalue weighted by Crippen LogP contribution is -2.48. The van der Waals surface area contributed by atoms with E-state index in [1.807, 2.05) is 30.3 Å². The summed E-state index contributed by atoms with van der Waals surface area (Å²) in [5.74, 6) is -0.167. The van der Waals surface area contributed by atoms with Gasteiger partial charge in [0.05, 0.1) is 13.0 Å². The first-order valence-electron chi connectivity index (χ1n) is 10.8. The molecular weight excluding hydrogens is 421 g/mol. The quantitative estimate of drug-likeness (QED) is 0.571. The molecule has 1 aliphatic rings. The topological polar surface area (TPSA) is 70.7 Å². The highest BCUT2D eigenvalue weighted by atomic mass is 19.1. The van der Waals surface area contributed by atoms with Crippen LogP contribution < -0.4 is 15.4 Å². The Bertz CT molecular complexity index is 1090. The Morgan fingerprint density at radius 3 is 2.18 bits per heavy atom. The third-order valence-corrected chi connectivity index (χ3v) is 5.83. The summed E-state index contributed by atoms with van der Waals surface area (Å²) in [4.78, 5) is 27.8. The highest BCUT2D eigenvalue weighted by Crippen LogP contribution is 2.31. The Labute approximate surface area is 192 Å². The molecule has 2 atom stereocenters. The standard InChI is InChI=1S/C26H26FN3O3/c1-33-24-13-11-22(12-14-24)28-25(31)20-15-19(18-5-3-2-4-6-18)16-30(17-20)26(32)29-23-9-7-21(27)8-10-23/h2-14,19-20H,15-17H2,1H3,(H,28,31)(H,29,32). The maximum Gasteiger partial charge on any atom is 0.321 e. The predicted octanol–water partition coefficient (Wildman–Crippen LogP) is 5.11. The summed E-state index contributed by atoms with van der Waals surface area (Å²) in [6.07, 6.45) is 0.631. The summed E-state index contributed by atoms with van der Waals surface area (Å²) in [7, 11) is 1.59. The summed E-state index contributed by atoms with van der Waals surface area (Å²) in [5, 5.41) is 5.76. The number of carbonyl (C=O) groups is 2. The van der Waals surface area contributed by atoms with Gasteiger partial charge in [0.1, 0.15) is 11.6 Å². The fraction of sp³-hybridized carbons (Fsp3) is 0.231. The van der Waals surface area contributed by atoms with E-state index in [2.05, 4.69) is 10.6 Å². The largest absolute Gasteiger partial charge is 0.497 e. The lowest BCUT2D eigenvalue weighted by atomic mass is 9.84. The average Bonchev–Trinajstić information content (AvgIpc) is 2.86. The predicted molar refractivity (Wildman–Crippen MR) is 126 cm³/mol. The van der Waals surface area contributed by atoms with Gasteiger partial charge in [0.15, 0.2) is 0 Å². The molecule has 1 saturated heterocycles. The number of methoxy groups -OCH3 is 1. The van der Waals surface area contributed by atoms with Crippen molar-refractivity contribution in [3.63, 3.8) is 0 Å². The van der Waals surface area contributed by atoms with Gasteiger partial charge in [-0.1, -0.05) is 30.3 Å². The Kier molecular flexibility index (Phi) is 6.88. The highest BCUT2D eigenvalue weighted by molar-refractivity contribution is 5.94. The van der Waals surface area contributed by atoms with Crippen LogP contribution in [0.4, 0.5) is 20.6 Å². The monoisotopic (exact) mass is 447 g/mol. The lowest BCUT2D eigenvalue weighted by Gasteiger charge is -2.37. The second-order valence-corrected chi connectivity index (χ2v) is 8.10. The number of benzene rings is 3. The van der Waals surface area contributed by atoms with Crippen molar-refractivity contribution in [3.8, 4) is 5.75 Å². The fourth-order valence-electron chi connectivity index (χ4n) is 4.08. The second kappa shape index (κ2) is 10.2. The van der Waals surface area contributed by atoms with Crippen LogP contribution in [-0.2, 0) is 4.79 Å². The van der Waals surface area contributed by atoms with Crippen LogP contribution in [0.1, 0.15) is 17.9 Å². The van der Waals surface area contributed by atoms with Crippen molar-refractivity contribution in [1.29, 1.82) is 0 Å². The molecule has 4 rings (SSSR count). The number of halogens is 1. The molecule has 2 N–H and O–H groups in total. The molecular formula is C26H26FN3O3. The van der Waals surface area contributed by atoms with E-state index < -0.39 is 0 Å². The Hall–Kier alpha value is -3.87. The van der Waals surface area contributed by atoms with Crippen LogP contribution in [0, 0.1) is 11.7 Å². The number of anilines is 2. The van der Waals surface area contributed by atoms with Gasteiger partial charge in [0.25, 0.3) is 0 Å². The highest BCUT2D eigenvalue weighted by Gasteiger charge is 2.34. The molecule has 0 spiro atoms.